The Morgan fingerprint density at radius 1 is 1.56 bits per heavy atom. The van der Waals surface area contributed by atoms with Crippen molar-refractivity contribution in [3.63, 3.8) is 0 Å². The molecular formula is C11H11BrN2O2. The SMILES string of the molecule is CCCc1nc(Br)c2ccc(C(=O)O)cn12. The first-order valence-corrected chi connectivity index (χ1v) is 5.82. The predicted octanol–water partition coefficient (Wildman–Crippen LogP) is 2.75. The number of halogens is 1. The van der Waals surface area contributed by atoms with Crippen LogP contribution in [-0.2, 0) is 6.42 Å². The van der Waals surface area contributed by atoms with E-state index in [4.69, 9.17) is 5.11 Å². The Kier molecular flexibility index (Phi) is 2.96. The second-order valence-electron chi connectivity index (χ2n) is 3.55. The van der Waals surface area contributed by atoms with Gasteiger partial charge in [-0.05, 0) is 34.5 Å². The van der Waals surface area contributed by atoms with Crippen LogP contribution in [0.15, 0.2) is 22.9 Å². The van der Waals surface area contributed by atoms with Crippen LogP contribution in [0.1, 0.15) is 29.5 Å². The van der Waals surface area contributed by atoms with Gasteiger partial charge in [-0.2, -0.15) is 0 Å². The predicted molar refractivity (Wildman–Crippen MR) is 63.8 cm³/mol. The smallest absolute Gasteiger partial charge is 0.337 e. The number of nitrogens with zero attached hydrogens (tertiary/aromatic N) is 2. The molecule has 0 saturated heterocycles. The van der Waals surface area contributed by atoms with Gasteiger partial charge in [0.2, 0.25) is 0 Å². The van der Waals surface area contributed by atoms with E-state index >= 15 is 0 Å². The lowest BCUT2D eigenvalue weighted by Gasteiger charge is -2.00. The van der Waals surface area contributed by atoms with Crippen LogP contribution >= 0.6 is 15.9 Å². The van der Waals surface area contributed by atoms with Gasteiger partial charge in [-0.1, -0.05) is 6.92 Å². The molecule has 84 valence electrons. The molecule has 4 nitrogen and oxygen atoms in total. The molecule has 0 radical (unpaired) electrons. The summed E-state index contributed by atoms with van der Waals surface area (Å²) in [5.74, 6) is -0.0401. The molecule has 0 unspecified atom stereocenters. The van der Waals surface area contributed by atoms with E-state index in [1.54, 1.807) is 18.3 Å². The molecule has 1 N–H and O–H groups in total. The van der Waals surface area contributed by atoms with E-state index in [0.717, 1.165) is 28.8 Å². The van der Waals surface area contributed by atoms with Gasteiger partial charge in [-0.3, -0.25) is 0 Å². The second-order valence-corrected chi connectivity index (χ2v) is 4.30. The Morgan fingerprint density at radius 2 is 2.31 bits per heavy atom. The van der Waals surface area contributed by atoms with E-state index in [9.17, 15) is 4.79 Å². The molecular weight excluding hydrogens is 272 g/mol. The first-order chi connectivity index (χ1) is 7.63. The maximum Gasteiger partial charge on any atom is 0.337 e. The van der Waals surface area contributed by atoms with Crippen molar-refractivity contribution < 1.29 is 9.90 Å². The summed E-state index contributed by atoms with van der Waals surface area (Å²) in [6, 6.07) is 3.35. The van der Waals surface area contributed by atoms with Crippen LogP contribution in [0.4, 0.5) is 0 Å². The van der Waals surface area contributed by atoms with Crippen molar-refractivity contribution in [3.8, 4) is 0 Å². The quantitative estimate of drug-likeness (QED) is 0.942. The molecule has 16 heavy (non-hydrogen) atoms. The molecule has 2 rings (SSSR count). The topological polar surface area (TPSA) is 54.6 Å². The fourth-order valence-corrected chi connectivity index (χ4v) is 2.16. The highest BCUT2D eigenvalue weighted by Crippen LogP contribution is 2.20. The number of carboxylic acid groups (broad SMARTS) is 1. The second kappa shape index (κ2) is 4.25. The number of hydrogen-bond donors (Lipinski definition) is 1. The number of aromatic nitrogens is 2. The third kappa shape index (κ3) is 1.82. The Balaban J connectivity index is 2.64. The zero-order valence-electron chi connectivity index (χ0n) is 8.77. The van der Waals surface area contributed by atoms with Gasteiger partial charge in [0.25, 0.3) is 0 Å². The first-order valence-electron chi connectivity index (χ1n) is 5.03. The molecule has 0 amide bonds. The van der Waals surface area contributed by atoms with Gasteiger partial charge in [0.1, 0.15) is 10.4 Å². The van der Waals surface area contributed by atoms with E-state index in [1.807, 2.05) is 4.40 Å². The summed E-state index contributed by atoms with van der Waals surface area (Å²) >= 11 is 3.37. The summed E-state index contributed by atoms with van der Waals surface area (Å²) in [7, 11) is 0. The number of fused-ring (bicyclic) bond motifs is 1. The lowest BCUT2D eigenvalue weighted by Crippen LogP contribution is -2.00. The van der Waals surface area contributed by atoms with E-state index in [0.29, 0.717) is 0 Å². The largest absolute Gasteiger partial charge is 0.478 e. The third-order valence-electron chi connectivity index (χ3n) is 2.39. The summed E-state index contributed by atoms with van der Waals surface area (Å²) in [5, 5.41) is 8.93. The van der Waals surface area contributed by atoms with E-state index in [2.05, 4.69) is 27.8 Å². The van der Waals surface area contributed by atoms with E-state index in [1.165, 1.54) is 0 Å². The average molecular weight is 283 g/mol. The molecule has 0 saturated carbocycles. The van der Waals surface area contributed by atoms with Crippen LogP contribution in [0.25, 0.3) is 5.52 Å². The van der Waals surface area contributed by atoms with Crippen LogP contribution in [-0.4, -0.2) is 20.5 Å². The normalized spacial score (nSPS) is 10.9. The molecule has 0 aliphatic heterocycles. The lowest BCUT2D eigenvalue weighted by molar-refractivity contribution is 0.0696. The van der Waals surface area contributed by atoms with Crippen LogP contribution in [0.2, 0.25) is 0 Å². The highest BCUT2D eigenvalue weighted by Gasteiger charge is 2.10. The van der Waals surface area contributed by atoms with Gasteiger partial charge >= 0.3 is 5.97 Å². The molecule has 0 fully saturated rings. The fraction of sp³-hybridized carbons (Fsp3) is 0.273. The number of carbonyl (C=O) groups is 1. The molecule has 0 aromatic carbocycles. The number of pyridine rings is 1. The Bertz CT molecular complexity index is 548. The zero-order valence-corrected chi connectivity index (χ0v) is 10.4. The van der Waals surface area contributed by atoms with Crippen molar-refractivity contribution in [2.24, 2.45) is 0 Å². The Labute approximate surface area is 101 Å². The van der Waals surface area contributed by atoms with Crippen molar-refractivity contribution in [1.29, 1.82) is 0 Å². The molecule has 0 spiro atoms. The van der Waals surface area contributed by atoms with Crippen molar-refractivity contribution in [2.75, 3.05) is 0 Å². The standard InChI is InChI=1S/C11H11BrN2O2/c1-2-3-9-13-10(12)8-5-4-7(11(15)16)6-14(8)9/h4-6H,2-3H2,1H3,(H,15,16). The van der Waals surface area contributed by atoms with Crippen molar-refractivity contribution in [3.05, 3.63) is 34.3 Å². The Hall–Kier alpha value is -1.36. The summed E-state index contributed by atoms with van der Waals surface area (Å²) < 4.78 is 2.59. The van der Waals surface area contributed by atoms with Crippen LogP contribution in [0.5, 0.6) is 0 Å². The molecule has 0 atom stereocenters. The molecule has 2 heterocycles. The molecule has 5 heteroatoms. The molecule has 2 aromatic rings. The minimum absolute atomic E-state index is 0.273. The van der Waals surface area contributed by atoms with E-state index in [-0.39, 0.29) is 5.56 Å². The van der Waals surface area contributed by atoms with E-state index < -0.39 is 5.97 Å². The summed E-state index contributed by atoms with van der Waals surface area (Å²) in [4.78, 5) is 15.2. The van der Waals surface area contributed by atoms with Crippen molar-refractivity contribution in [1.82, 2.24) is 9.38 Å². The van der Waals surface area contributed by atoms with Gasteiger partial charge in [0.15, 0.2) is 0 Å². The maximum atomic E-state index is 10.9. The fourth-order valence-electron chi connectivity index (χ4n) is 1.63. The number of imidazole rings is 1. The van der Waals surface area contributed by atoms with Crippen LogP contribution < -0.4 is 0 Å². The van der Waals surface area contributed by atoms with Gasteiger partial charge in [-0.25, -0.2) is 9.78 Å². The monoisotopic (exact) mass is 282 g/mol. The minimum atomic E-state index is -0.922. The minimum Gasteiger partial charge on any atom is -0.478 e. The molecule has 0 bridgehead atoms. The van der Waals surface area contributed by atoms with Crippen LogP contribution in [0.3, 0.4) is 0 Å². The zero-order chi connectivity index (χ0) is 11.7. The summed E-state index contributed by atoms with van der Waals surface area (Å²) in [5.41, 5.74) is 1.17. The van der Waals surface area contributed by atoms with Crippen LogP contribution in [0, 0.1) is 0 Å². The molecule has 0 aliphatic rings. The van der Waals surface area contributed by atoms with Crippen molar-refractivity contribution >= 4 is 27.4 Å². The first kappa shape index (κ1) is 11.1. The average Bonchev–Trinajstić information content (AvgIpc) is 2.56. The number of carboxylic acids is 1. The molecule has 2 aromatic heterocycles. The number of rotatable bonds is 3. The van der Waals surface area contributed by atoms with Crippen molar-refractivity contribution in [2.45, 2.75) is 19.8 Å². The highest BCUT2D eigenvalue weighted by atomic mass is 79.9. The van der Waals surface area contributed by atoms with Gasteiger partial charge in [-0.15, -0.1) is 0 Å². The van der Waals surface area contributed by atoms with Gasteiger partial charge in [0, 0.05) is 12.6 Å². The number of hydrogen-bond acceptors (Lipinski definition) is 2. The van der Waals surface area contributed by atoms with Gasteiger partial charge < -0.3 is 9.51 Å². The maximum absolute atomic E-state index is 10.9. The molecule has 0 aliphatic carbocycles. The summed E-state index contributed by atoms with van der Waals surface area (Å²) in [6.07, 6.45) is 3.42. The number of aromatic carboxylic acids is 1. The highest BCUT2D eigenvalue weighted by molar-refractivity contribution is 9.10. The summed E-state index contributed by atoms with van der Waals surface area (Å²) in [6.45, 7) is 2.07. The van der Waals surface area contributed by atoms with Gasteiger partial charge in [0.05, 0.1) is 11.1 Å². The lowest BCUT2D eigenvalue weighted by atomic mass is 10.2. The number of aryl methyl sites for hydroxylation is 1. The third-order valence-corrected chi connectivity index (χ3v) is 2.97. The Morgan fingerprint density at radius 3 is 2.94 bits per heavy atom.